The number of carbonyl (C=O) groups excluding carboxylic acids is 1. The normalized spacial score (nSPS) is 12.6. The van der Waals surface area contributed by atoms with Crippen LogP contribution in [0.5, 0.6) is 5.75 Å². The number of nitrogens with one attached hydrogen (secondary N) is 1. The zero-order valence-electron chi connectivity index (χ0n) is 14.1. The number of benzene rings is 1. The molecule has 0 bridgehead atoms. The van der Waals surface area contributed by atoms with Crippen LogP contribution in [0.25, 0.3) is 10.9 Å². The Morgan fingerprint density at radius 1 is 1.26 bits per heavy atom. The highest BCUT2D eigenvalue weighted by Crippen LogP contribution is 2.39. The number of Topliss-reactive ketones (excluding diaryl/α,β-unsaturated/α-hetero) is 1. The van der Waals surface area contributed by atoms with E-state index in [1.165, 1.54) is 13.8 Å². The van der Waals surface area contributed by atoms with Crippen LogP contribution in [-0.2, 0) is 20.8 Å². The molecule has 1 heterocycles. The van der Waals surface area contributed by atoms with E-state index in [-0.39, 0.29) is 0 Å². The summed E-state index contributed by atoms with van der Waals surface area (Å²) in [4.78, 5) is 26.7. The van der Waals surface area contributed by atoms with E-state index in [0.29, 0.717) is 6.07 Å². The van der Waals surface area contributed by atoms with Crippen LogP contribution in [0.2, 0.25) is 5.02 Å². The van der Waals surface area contributed by atoms with Crippen molar-refractivity contribution < 1.29 is 34.7 Å². The summed E-state index contributed by atoms with van der Waals surface area (Å²) in [6.45, 7) is 2.83. The molecule has 0 amide bonds. The Labute approximate surface area is 156 Å². The monoisotopic (exact) mass is 427 g/mol. The second-order valence-corrected chi connectivity index (χ2v) is 7.46. The van der Waals surface area contributed by atoms with Crippen molar-refractivity contribution in [1.82, 2.24) is 4.98 Å². The van der Waals surface area contributed by atoms with Crippen LogP contribution in [0.15, 0.2) is 16.9 Å². The fourth-order valence-electron chi connectivity index (χ4n) is 2.29. The highest BCUT2D eigenvalue weighted by Gasteiger charge is 2.36. The number of H-pyrrole nitrogens is 1. The summed E-state index contributed by atoms with van der Waals surface area (Å²) in [6, 6.07) is 1.50. The van der Waals surface area contributed by atoms with Gasteiger partial charge in [0.2, 0.25) is 0 Å². The number of halogens is 4. The Kier molecular flexibility index (Phi) is 5.60. The number of fused-ring (bicyclic) bond motifs is 1. The molecule has 148 valence electrons. The lowest BCUT2D eigenvalue weighted by atomic mass is 9.98. The van der Waals surface area contributed by atoms with Crippen LogP contribution < -0.4 is 9.74 Å². The molecule has 2 aromatic rings. The van der Waals surface area contributed by atoms with Gasteiger partial charge in [-0.3, -0.25) is 9.59 Å². The van der Waals surface area contributed by atoms with Gasteiger partial charge in [0, 0.05) is 16.3 Å². The van der Waals surface area contributed by atoms with E-state index < -0.39 is 66.6 Å². The van der Waals surface area contributed by atoms with Crippen molar-refractivity contribution in [3.63, 3.8) is 0 Å². The Morgan fingerprint density at radius 3 is 2.33 bits per heavy atom. The first-order valence-electron chi connectivity index (χ1n) is 7.29. The fraction of sp³-hybridized carbons (Fsp3) is 0.333. The van der Waals surface area contributed by atoms with Crippen molar-refractivity contribution in [1.29, 1.82) is 0 Å². The first kappa shape index (κ1) is 21.2. The molecule has 0 saturated carbocycles. The van der Waals surface area contributed by atoms with E-state index in [1.807, 2.05) is 4.98 Å². The molecule has 27 heavy (non-hydrogen) atoms. The molecule has 0 atom stereocenters. The van der Waals surface area contributed by atoms with Gasteiger partial charge in [0.15, 0.2) is 11.5 Å². The van der Waals surface area contributed by atoms with Crippen molar-refractivity contribution in [3.8, 4) is 5.75 Å². The van der Waals surface area contributed by atoms with Crippen molar-refractivity contribution in [3.05, 3.63) is 38.6 Å². The maximum Gasteiger partial charge on any atom is 0.448 e. The van der Waals surface area contributed by atoms with Crippen LogP contribution >= 0.6 is 11.6 Å². The van der Waals surface area contributed by atoms with E-state index in [2.05, 4.69) is 8.37 Å². The van der Waals surface area contributed by atoms with Gasteiger partial charge in [-0.2, -0.15) is 21.6 Å². The summed E-state index contributed by atoms with van der Waals surface area (Å²) in [5, 5.41) is -0.927. The summed E-state index contributed by atoms with van der Waals surface area (Å²) in [7, 11) is -4.01. The lowest BCUT2D eigenvalue weighted by Crippen LogP contribution is -2.25. The smallest absolute Gasteiger partial charge is 0.360 e. The molecule has 1 aromatic carbocycles. The van der Waals surface area contributed by atoms with E-state index in [0.717, 1.165) is 13.2 Å². The molecule has 0 saturated heterocycles. The van der Waals surface area contributed by atoms with Crippen molar-refractivity contribution in [2.75, 3.05) is 7.11 Å². The topological polar surface area (TPSA) is 103 Å². The minimum atomic E-state index is -4.92. The molecule has 0 aliphatic carbocycles. The van der Waals surface area contributed by atoms with Crippen LogP contribution in [0, 0.1) is 5.92 Å². The Balaban J connectivity index is 3.06. The molecule has 1 N–H and O–H groups in total. The van der Waals surface area contributed by atoms with Gasteiger partial charge >= 0.3 is 16.6 Å². The van der Waals surface area contributed by atoms with Gasteiger partial charge < -0.3 is 9.17 Å². The standard InChI is InChI=1S/C15H13ClF3NO6S/c1-6(2)12(21)10-13(26-27(23,24)25-3)8-4-7(16)5-9(15(17,18)19)11(8)20-14(10)22/h4-6H,1-3H3,(H,20,22). The van der Waals surface area contributed by atoms with Crippen LogP contribution in [-0.4, -0.2) is 26.3 Å². The molecular weight excluding hydrogens is 415 g/mol. The second kappa shape index (κ2) is 7.13. The third-order valence-electron chi connectivity index (χ3n) is 3.51. The summed E-state index contributed by atoms with van der Waals surface area (Å²) < 4.78 is 72.2. The predicted octanol–water partition coefficient (Wildman–Crippen LogP) is 3.31. The Bertz CT molecular complexity index is 1080. The number of pyridine rings is 1. The molecule has 2 rings (SSSR count). The molecule has 1 aromatic heterocycles. The number of carbonyl (C=O) groups is 1. The minimum absolute atomic E-state index is 0.413. The van der Waals surface area contributed by atoms with E-state index in [9.17, 15) is 31.2 Å². The molecule has 0 aliphatic heterocycles. The maximum absolute atomic E-state index is 13.3. The highest BCUT2D eigenvalue weighted by atomic mass is 35.5. The van der Waals surface area contributed by atoms with E-state index >= 15 is 0 Å². The number of alkyl halides is 3. The molecule has 12 heteroatoms. The zero-order valence-corrected chi connectivity index (χ0v) is 15.7. The SMILES string of the molecule is COS(=O)(=O)Oc1c(C(=O)C(C)C)c(=O)[nH]c2c(C(F)(F)F)cc(Cl)cc12. The average molecular weight is 428 g/mol. The van der Waals surface area contributed by atoms with Gasteiger partial charge in [-0.1, -0.05) is 25.4 Å². The molecule has 0 fully saturated rings. The van der Waals surface area contributed by atoms with E-state index in [1.54, 1.807) is 0 Å². The molecule has 0 aliphatic rings. The van der Waals surface area contributed by atoms with Crippen molar-refractivity contribution in [2.45, 2.75) is 20.0 Å². The predicted molar refractivity (Wildman–Crippen MR) is 90.3 cm³/mol. The largest absolute Gasteiger partial charge is 0.448 e. The zero-order chi connectivity index (χ0) is 20.7. The Morgan fingerprint density at radius 2 is 1.85 bits per heavy atom. The highest BCUT2D eigenvalue weighted by molar-refractivity contribution is 7.82. The first-order chi connectivity index (χ1) is 12.3. The first-order valence-corrected chi connectivity index (χ1v) is 9.00. The van der Waals surface area contributed by atoms with Gasteiger partial charge in [-0.15, -0.1) is 0 Å². The summed E-state index contributed by atoms with van der Waals surface area (Å²) in [6.07, 6.45) is -4.92. The number of aromatic nitrogens is 1. The summed E-state index contributed by atoms with van der Waals surface area (Å²) in [5.74, 6) is -2.51. The van der Waals surface area contributed by atoms with Crippen LogP contribution in [0.4, 0.5) is 13.2 Å². The third-order valence-corrected chi connectivity index (χ3v) is 4.50. The number of aromatic amines is 1. The summed E-state index contributed by atoms with van der Waals surface area (Å²) in [5.41, 5.74) is -4.10. The quantitative estimate of drug-likeness (QED) is 0.734. The molecular formula is C15H13ClF3NO6S. The lowest BCUT2D eigenvalue weighted by Gasteiger charge is -2.16. The van der Waals surface area contributed by atoms with Gasteiger partial charge in [0.25, 0.3) is 5.56 Å². The average Bonchev–Trinajstić information content (AvgIpc) is 2.53. The summed E-state index contributed by atoms with van der Waals surface area (Å²) >= 11 is 5.73. The lowest BCUT2D eigenvalue weighted by molar-refractivity contribution is -0.136. The van der Waals surface area contributed by atoms with Gasteiger partial charge in [-0.05, 0) is 12.1 Å². The van der Waals surface area contributed by atoms with Crippen molar-refractivity contribution >= 4 is 38.7 Å². The van der Waals surface area contributed by atoms with Gasteiger partial charge in [0.05, 0.1) is 18.2 Å². The van der Waals surface area contributed by atoms with Gasteiger partial charge in [-0.25, -0.2) is 4.18 Å². The molecule has 7 nitrogen and oxygen atoms in total. The van der Waals surface area contributed by atoms with Crippen molar-refractivity contribution in [2.24, 2.45) is 5.92 Å². The number of rotatable bonds is 5. The molecule has 0 spiro atoms. The van der Waals surface area contributed by atoms with Crippen LogP contribution in [0.1, 0.15) is 29.8 Å². The molecule has 0 unspecified atom stereocenters. The second-order valence-electron chi connectivity index (χ2n) is 5.71. The maximum atomic E-state index is 13.3. The molecule has 0 radical (unpaired) electrons. The van der Waals surface area contributed by atoms with Crippen LogP contribution in [0.3, 0.4) is 0 Å². The third kappa shape index (κ3) is 4.25. The fourth-order valence-corrected chi connectivity index (χ4v) is 2.96. The van der Waals surface area contributed by atoms with E-state index in [4.69, 9.17) is 11.6 Å². The minimum Gasteiger partial charge on any atom is -0.360 e. The number of hydrogen-bond acceptors (Lipinski definition) is 6. The number of ketones is 1. The van der Waals surface area contributed by atoms with Gasteiger partial charge in [0.1, 0.15) is 5.56 Å². The number of hydrogen-bond donors (Lipinski definition) is 1. The Hall–Kier alpha value is -2.11.